The summed E-state index contributed by atoms with van der Waals surface area (Å²) in [5.74, 6) is 0.821. The Morgan fingerprint density at radius 3 is 2.67 bits per heavy atom. The Morgan fingerprint density at radius 1 is 1.15 bits per heavy atom. The third kappa shape index (κ3) is 3.59. The van der Waals surface area contributed by atoms with Crippen molar-refractivity contribution < 1.29 is 17.3 Å². The Labute approximate surface area is 159 Å². The molecule has 0 fully saturated rings. The van der Waals surface area contributed by atoms with E-state index in [9.17, 15) is 8.42 Å². The van der Waals surface area contributed by atoms with Crippen molar-refractivity contribution in [2.24, 2.45) is 0 Å². The van der Waals surface area contributed by atoms with E-state index in [1.165, 1.54) is 0 Å². The number of aryl methyl sites for hydroxylation is 2. The van der Waals surface area contributed by atoms with Crippen LogP contribution in [0.3, 0.4) is 0 Å². The lowest BCUT2D eigenvalue weighted by atomic mass is 9.93. The van der Waals surface area contributed by atoms with Gasteiger partial charge in [-0.05, 0) is 62.6 Å². The third-order valence-electron chi connectivity index (χ3n) is 5.00. The van der Waals surface area contributed by atoms with Gasteiger partial charge in [0.05, 0.1) is 17.6 Å². The van der Waals surface area contributed by atoms with E-state index < -0.39 is 10.1 Å². The zero-order valence-corrected chi connectivity index (χ0v) is 16.3. The molecule has 0 radical (unpaired) electrons. The van der Waals surface area contributed by atoms with Crippen LogP contribution in [0.2, 0.25) is 0 Å². The predicted octanol–water partition coefficient (Wildman–Crippen LogP) is 4.14. The first-order chi connectivity index (χ1) is 13.0. The highest BCUT2D eigenvalue weighted by molar-refractivity contribution is 7.86. The molecule has 0 amide bonds. The van der Waals surface area contributed by atoms with Crippen molar-refractivity contribution >= 4 is 21.0 Å². The largest absolute Gasteiger partial charge is 0.494 e. The molecule has 0 saturated carbocycles. The first-order valence-corrected chi connectivity index (χ1v) is 10.6. The fourth-order valence-corrected chi connectivity index (χ4v) is 4.75. The topological polar surface area (TPSA) is 68.4 Å². The molecule has 0 saturated heterocycles. The van der Waals surface area contributed by atoms with Gasteiger partial charge in [-0.25, -0.2) is 0 Å². The van der Waals surface area contributed by atoms with Crippen LogP contribution in [0.5, 0.6) is 5.75 Å². The molecule has 5 nitrogen and oxygen atoms in total. The fraction of sp³-hybridized carbons (Fsp3) is 0.333. The second-order valence-corrected chi connectivity index (χ2v) is 8.52. The summed E-state index contributed by atoms with van der Waals surface area (Å²) in [6.07, 6.45) is 1.64. The van der Waals surface area contributed by atoms with Crippen LogP contribution >= 0.6 is 0 Å². The molecule has 1 N–H and O–H groups in total. The molecule has 3 aromatic rings. The Hall–Kier alpha value is -2.31. The number of H-pyrrole nitrogens is 1. The quantitative estimate of drug-likeness (QED) is 0.670. The van der Waals surface area contributed by atoms with Gasteiger partial charge in [0.1, 0.15) is 5.75 Å². The molecule has 1 heterocycles. The molecule has 27 heavy (non-hydrogen) atoms. The van der Waals surface area contributed by atoms with Crippen LogP contribution in [0.1, 0.15) is 30.2 Å². The van der Waals surface area contributed by atoms with E-state index >= 15 is 0 Å². The minimum Gasteiger partial charge on any atom is -0.494 e. The molecule has 1 aliphatic carbocycles. The van der Waals surface area contributed by atoms with Crippen molar-refractivity contribution in [3.05, 3.63) is 59.3 Å². The van der Waals surface area contributed by atoms with E-state index in [4.69, 9.17) is 8.92 Å². The summed E-state index contributed by atoms with van der Waals surface area (Å²) in [6.45, 7) is 4.49. The average Bonchev–Trinajstić information content (AvgIpc) is 2.99. The second-order valence-electron chi connectivity index (χ2n) is 6.95. The van der Waals surface area contributed by atoms with Crippen molar-refractivity contribution in [2.45, 2.75) is 44.1 Å². The average molecular weight is 385 g/mol. The van der Waals surface area contributed by atoms with E-state index in [2.05, 4.69) is 4.98 Å². The molecule has 1 unspecified atom stereocenters. The minimum absolute atomic E-state index is 0.205. The number of hydrogen-bond acceptors (Lipinski definition) is 4. The number of aromatic nitrogens is 1. The number of ether oxygens (including phenoxy) is 1. The summed E-state index contributed by atoms with van der Waals surface area (Å²) in [6, 6.07) is 12.7. The first-order valence-electron chi connectivity index (χ1n) is 9.22. The van der Waals surface area contributed by atoms with Crippen LogP contribution < -0.4 is 4.74 Å². The van der Waals surface area contributed by atoms with Crippen molar-refractivity contribution in [1.29, 1.82) is 0 Å². The summed E-state index contributed by atoms with van der Waals surface area (Å²) in [5, 5.41) is 1.08. The maximum atomic E-state index is 12.6. The Bertz CT molecular complexity index is 1070. The highest BCUT2D eigenvalue weighted by Crippen LogP contribution is 2.33. The monoisotopic (exact) mass is 385 g/mol. The van der Waals surface area contributed by atoms with E-state index in [0.29, 0.717) is 19.4 Å². The van der Waals surface area contributed by atoms with E-state index in [-0.39, 0.29) is 11.0 Å². The lowest BCUT2D eigenvalue weighted by molar-refractivity contribution is 0.192. The summed E-state index contributed by atoms with van der Waals surface area (Å²) in [7, 11) is -3.77. The van der Waals surface area contributed by atoms with Crippen LogP contribution in [0.25, 0.3) is 10.9 Å². The zero-order chi connectivity index (χ0) is 19.0. The molecular weight excluding hydrogens is 362 g/mol. The van der Waals surface area contributed by atoms with Gasteiger partial charge in [0.25, 0.3) is 10.1 Å². The molecule has 142 valence electrons. The summed E-state index contributed by atoms with van der Waals surface area (Å²) >= 11 is 0. The molecular formula is C21H23NO4S. The van der Waals surface area contributed by atoms with Gasteiger partial charge < -0.3 is 9.72 Å². The van der Waals surface area contributed by atoms with Gasteiger partial charge in [-0.1, -0.05) is 17.7 Å². The molecule has 0 aliphatic heterocycles. The summed E-state index contributed by atoms with van der Waals surface area (Å²) in [5.41, 5.74) is 4.35. The van der Waals surface area contributed by atoms with Gasteiger partial charge >= 0.3 is 0 Å². The number of benzene rings is 2. The van der Waals surface area contributed by atoms with Gasteiger partial charge in [-0.3, -0.25) is 4.18 Å². The minimum atomic E-state index is -3.77. The zero-order valence-electron chi connectivity index (χ0n) is 15.5. The van der Waals surface area contributed by atoms with Gasteiger partial charge in [0.2, 0.25) is 0 Å². The van der Waals surface area contributed by atoms with E-state index in [0.717, 1.165) is 39.9 Å². The fourth-order valence-electron chi connectivity index (χ4n) is 3.64. The molecule has 0 spiro atoms. The number of rotatable bonds is 5. The Balaban J connectivity index is 1.59. The third-order valence-corrected chi connectivity index (χ3v) is 6.37. The number of hydrogen-bond donors (Lipinski definition) is 1. The maximum Gasteiger partial charge on any atom is 0.297 e. The van der Waals surface area contributed by atoms with Crippen molar-refractivity contribution in [2.75, 3.05) is 6.61 Å². The predicted molar refractivity (Wildman–Crippen MR) is 105 cm³/mol. The van der Waals surface area contributed by atoms with Gasteiger partial charge in [0.15, 0.2) is 0 Å². The van der Waals surface area contributed by atoms with Crippen molar-refractivity contribution in [3.63, 3.8) is 0 Å². The first kappa shape index (κ1) is 18.1. The SMILES string of the molecule is CCOc1ccc2[nH]c3c(c2c1)CC(OS(=O)(=O)c1ccc(C)cc1)CC3. The number of fused-ring (bicyclic) bond motifs is 3. The normalized spacial score (nSPS) is 17.0. The van der Waals surface area contributed by atoms with Crippen molar-refractivity contribution in [3.8, 4) is 5.75 Å². The van der Waals surface area contributed by atoms with Crippen LogP contribution in [0.15, 0.2) is 47.4 Å². The lowest BCUT2D eigenvalue weighted by Gasteiger charge is -2.22. The molecule has 4 rings (SSSR count). The highest BCUT2D eigenvalue weighted by Gasteiger charge is 2.28. The lowest BCUT2D eigenvalue weighted by Crippen LogP contribution is -2.25. The second kappa shape index (κ2) is 7.02. The summed E-state index contributed by atoms with van der Waals surface area (Å²) in [4.78, 5) is 3.65. The summed E-state index contributed by atoms with van der Waals surface area (Å²) < 4.78 is 36.4. The van der Waals surface area contributed by atoms with Gasteiger partial charge in [-0.2, -0.15) is 8.42 Å². The Morgan fingerprint density at radius 2 is 1.93 bits per heavy atom. The molecule has 0 bridgehead atoms. The van der Waals surface area contributed by atoms with Crippen LogP contribution in [-0.4, -0.2) is 26.1 Å². The van der Waals surface area contributed by atoms with Crippen LogP contribution in [0.4, 0.5) is 0 Å². The number of nitrogens with one attached hydrogen (secondary N) is 1. The standard InChI is InChI=1S/C21H23NO4S/c1-3-25-15-6-10-20-18(12-15)19-13-16(7-11-21(19)22-20)26-27(23,24)17-8-4-14(2)5-9-17/h4-6,8-10,12,16,22H,3,7,11,13H2,1-2H3. The van der Waals surface area contributed by atoms with E-state index in [1.807, 2.05) is 32.0 Å². The van der Waals surface area contributed by atoms with Gasteiger partial charge in [0, 0.05) is 23.0 Å². The molecule has 1 aliphatic rings. The van der Waals surface area contributed by atoms with E-state index in [1.54, 1.807) is 24.3 Å². The highest BCUT2D eigenvalue weighted by atomic mass is 32.2. The molecule has 1 aromatic heterocycles. The van der Waals surface area contributed by atoms with Crippen LogP contribution in [0, 0.1) is 6.92 Å². The smallest absolute Gasteiger partial charge is 0.297 e. The van der Waals surface area contributed by atoms with Crippen molar-refractivity contribution in [1.82, 2.24) is 4.98 Å². The Kier molecular flexibility index (Phi) is 4.70. The van der Waals surface area contributed by atoms with Gasteiger partial charge in [-0.15, -0.1) is 0 Å². The molecule has 2 aromatic carbocycles. The van der Waals surface area contributed by atoms with Crippen LogP contribution in [-0.2, 0) is 27.1 Å². The molecule has 6 heteroatoms. The number of aromatic amines is 1. The maximum absolute atomic E-state index is 12.6. The molecule has 1 atom stereocenters.